The minimum atomic E-state index is -1.85. The highest BCUT2D eigenvalue weighted by molar-refractivity contribution is 9.10. The number of aromatic hydroxyl groups is 1. The molecule has 3 N–H and O–H groups in total. The van der Waals surface area contributed by atoms with Crippen LogP contribution in [-0.4, -0.2) is 52.7 Å². The summed E-state index contributed by atoms with van der Waals surface area (Å²) < 4.78 is 31.9. The maximum atomic E-state index is 12.6. The minimum absolute atomic E-state index is 0.0964. The molecule has 0 saturated carbocycles. The number of fused-ring (bicyclic) bond motifs is 1. The Hall–Kier alpha value is -3.12. The van der Waals surface area contributed by atoms with Gasteiger partial charge >= 0.3 is 0 Å². The van der Waals surface area contributed by atoms with Crippen molar-refractivity contribution in [1.82, 2.24) is 10.2 Å². The van der Waals surface area contributed by atoms with Crippen LogP contribution in [0.15, 0.2) is 43.6 Å². The van der Waals surface area contributed by atoms with Crippen molar-refractivity contribution in [3.05, 3.63) is 45.9 Å². The number of halogens is 1. The van der Waals surface area contributed by atoms with Gasteiger partial charge in [-0.25, -0.2) is 4.21 Å². The number of rotatable bonds is 4. The van der Waals surface area contributed by atoms with E-state index in [1.807, 2.05) is 18.2 Å². The number of phenolic OH excluding ortho intramolecular Hbond substituents is 1. The first-order chi connectivity index (χ1) is 16.5. The van der Waals surface area contributed by atoms with Gasteiger partial charge in [0.25, 0.3) is 17.1 Å². The first-order valence-corrected chi connectivity index (χ1v) is 12.6. The largest absolute Gasteiger partial charge is 0.505 e. The number of carbonyl (C=O) groups is 1. The molecule has 35 heavy (non-hydrogen) atoms. The molecule has 2 atom stereocenters. The highest BCUT2D eigenvalue weighted by Crippen LogP contribution is 2.40. The van der Waals surface area contributed by atoms with Gasteiger partial charge in [0.15, 0.2) is 28.9 Å². The number of carbonyl (C=O) groups excluding carboxylic acids is 1. The molecular weight excluding hydrogens is 538 g/mol. The van der Waals surface area contributed by atoms with Crippen LogP contribution in [0.3, 0.4) is 0 Å². The van der Waals surface area contributed by atoms with Gasteiger partial charge in [0.2, 0.25) is 6.79 Å². The predicted molar refractivity (Wildman–Crippen MR) is 138 cm³/mol. The fourth-order valence-corrected chi connectivity index (χ4v) is 4.81. The third kappa shape index (κ3) is 5.13. The van der Waals surface area contributed by atoms with Crippen LogP contribution in [0.1, 0.15) is 42.7 Å². The maximum absolute atomic E-state index is 12.6. The molecule has 0 radical (unpaired) electrons. The Balaban J connectivity index is 1.63. The normalized spacial score (nSPS) is 17.5. The molecule has 0 fully saturated rings. The molecule has 2 aliphatic heterocycles. The number of amidine groups is 2. The average Bonchev–Trinajstić information content (AvgIpc) is 3.38. The lowest BCUT2D eigenvalue weighted by Crippen LogP contribution is -2.41. The number of amides is 1. The second-order valence-corrected chi connectivity index (χ2v) is 11.0. The fourth-order valence-electron chi connectivity index (χ4n) is 3.69. The molecular formula is C23H26BrN5O5S. The molecule has 2 aromatic carbocycles. The molecule has 1 amide bonds. The Kier molecular flexibility index (Phi) is 6.78. The highest BCUT2D eigenvalue weighted by atomic mass is 79.9. The van der Waals surface area contributed by atoms with Crippen LogP contribution < -0.4 is 20.1 Å². The lowest BCUT2D eigenvalue weighted by Gasteiger charge is -2.33. The van der Waals surface area contributed by atoms with E-state index in [1.54, 1.807) is 26.2 Å². The zero-order valence-electron chi connectivity index (χ0n) is 19.9. The van der Waals surface area contributed by atoms with Crippen LogP contribution in [0.4, 0.5) is 5.69 Å². The van der Waals surface area contributed by atoms with Crippen molar-refractivity contribution >= 4 is 50.4 Å². The number of nitrogens with one attached hydrogen (secondary N) is 2. The Morgan fingerprint density at radius 1 is 1.14 bits per heavy atom. The second-order valence-electron chi connectivity index (χ2n) is 9.31. The molecule has 2 aromatic rings. The topological polar surface area (TPSA) is 125 Å². The van der Waals surface area contributed by atoms with E-state index in [0.29, 0.717) is 16.0 Å². The van der Waals surface area contributed by atoms with Crippen LogP contribution in [0, 0.1) is 5.41 Å². The second kappa shape index (κ2) is 9.50. The van der Waals surface area contributed by atoms with Crippen LogP contribution in [0.25, 0.3) is 0 Å². The SMILES string of the molecule is CN(C)C(=O)c1c(Br)ccc(NC2=NS(=O)N=C2N[C@@H](c2ccc3c(c2)OCO3)C(C)(C)C)c1O. The van der Waals surface area contributed by atoms with E-state index in [-0.39, 0.29) is 52.8 Å². The molecule has 2 heterocycles. The lowest BCUT2D eigenvalue weighted by molar-refractivity contribution is 0.0824. The molecule has 12 heteroatoms. The molecule has 186 valence electrons. The predicted octanol–water partition coefficient (Wildman–Crippen LogP) is 3.76. The van der Waals surface area contributed by atoms with Crippen LogP contribution in [0.5, 0.6) is 17.2 Å². The number of hydrogen-bond donors (Lipinski definition) is 3. The molecule has 1 unspecified atom stereocenters. The number of ether oxygens (including phenoxy) is 2. The summed E-state index contributed by atoms with van der Waals surface area (Å²) in [7, 11) is 3.19. The summed E-state index contributed by atoms with van der Waals surface area (Å²) in [6, 6.07) is 8.66. The van der Waals surface area contributed by atoms with Gasteiger partial charge in [-0.1, -0.05) is 26.8 Å². The molecule has 0 aromatic heterocycles. The Bertz CT molecular complexity index is 1270. The number of hydrogen-bond acceptors (Lipinski definition) is 7. The average molecular weight is 564 g/mol. The summed E-state index contributed by atoms with van der Waals surface area (Å²) in [5, 5.41) is 17.2. The van der Waals surface area contributed by atoms with Gasteiger partial charge in [-0.2, -0.15) is 0 Å². The monoisotopic (exact) mass is 563 g/mol. The quantitative estimate of drug-likeness (QED) is 0.483. The van der Waals surface area contributed by atoms with Gasteiger partial charge in [0.1, 0.15) is 0 Å². The van der Waals surface area contributed by atoms with Crippen LogP contribution in [-0.2, 0) is 11.2 Å². The first kappa shape index (κ1) is 25.0. The summed E-state index contributed by atoms with van der Waals surface area (Å²) in [6.45, 7) is 6.36. The fraction of sp³-hybridized carbons (Fsp3) is 0.348. The number of nitrogens with zero attached hydrogens (tertiary/aromatic N) is 3. The van der Waals surface area contributed by atoms with Crippen LogP contribution in [0.2, 0.25) is 0 Å². The van der Waals surface area contributed by atoms with E-state index in [1.165, 1.54) is 4.90 Å². The van der Waals surface area contributed by atoms with Gasteiger partial charge in [-0.3, -0.25) is 4.79 Å². The standard InChI is InChI=1S/C23H26BrN5O5S/c1-23(2,3)19(12-6-9-15-16(10-12)34-11-33-15)26-21-20(27-35(32)28-21)25-14-8-7-13(24)17(18(14)30)22(31)29(4)5/h6-10,19,30H,11H2,1-5H3,(H,25,27)(H,26,28)/t19-,35?/m0/s1. The van der Waals surface area contributed by atoms with Crippen molar-refractivity contribution in [2.45, 2.75) is 26.8 Å². The minimum Gasteiger partial charge on any atom is -0.505 e. The van der Waals surface area contributed by atoms with Crippen molar-refractivity contribution in [2.75, 3.05) is 26.2 Å². The number of benzene rings is 2. The summed E-state index contributed by atoms with van der Waals surface area (Å²) in [4.78, 5) is 13.9. The Labute approximate surface area is 214 Å². The molecule has 2 aliphatic rings. The summed E-state index contributed by atoms with van der Waals surface area (Å²) in [6.07, 6.45) is 0. The maximum Gasteiger partial charge on any atom is 0.269 e. The summed E-state index contributed by atoms with van der Waals surface area (Å²) >= 11 is 1.47. The van der Waals surface area contributed by atoms with Crippen LogP contribution >= 0.6 is 15.9 Å². The van der Waals surface area contributed by atoms with Crippen molar-refractivity contribution in [3.8, 4) is 17.2 Å². The first-order valence-electron chi connectivity index (χ1n) is 10.7. The third-order valence-electron chi connectivity index (χ3n) is 5.44. The zero-order valence-corrected chi connectivity index (χ0v) is 22.3. The molecule has 0 aliphatic carbocycles. The number of phenols is 1. The van der Waals surface area contributed by atoms with E-state index in [9.17, 15) is 14.1 Å². The molecule has 0 spiro atoms. The van der Waals surface area contributed by atoms with E-state index in [0.717, 1.165) is 5.56 Å². The lowest BCUT2D eigenvalue weighted by atomic mass is 9.82. The van der Waals surface area contributed by atoms with E-state index >= 15 is 0 Å². The zero-order chi connectivity index (χ0) is 25.5. The molecule has 10 nitrogen and oxygen atoms in total. The van der Waals surface area contributed by atoms with Crippen molar-refractivity contribution < 1.29 is 23.6 Å². The third-order valence-corrected chi connectivity index (χ3v) is 6.78. The van der Waals surface area contributed by atoms with E-state index in [2.05, 4.69) is 56.1 Å². The highest BCUT2D eigenvalue weighted by Gasteiger charge is 2.32. The Morgan fingerprint density at radius 2 is 1.83 bits per heavy atom. The van der Waals surface area contributed by atoms with Crippen molar-refractivity contribution in [3.63, 3.8) is 0 Å². The molecule has 0 saturated heterocycles. The smallest absolute Gasteiger partial charge is 0.269 e. The van der Waals surface area contributed by atoms with Gasteiger partial charge in [0.05, 0.1) is 17.3 Å². The van der Waals surface area contributed by atoms with E-state index < -0.39 is 11.2 Å². The van der Waals surface area contributed by atoms with Gasteiger partial charge in [-0.05, 0) is 51.2 Å². The van der Waals surface area contributed by atoms with Gasteiger partial charge in [-0.15, -0.1) is 8.80 Å². The van der Waals surface area contributed by atoms with Crippen molar-refractivity contribution in [1.29, 1.82) is 0 Å². The molecule has 4 rings (SSSR count). The van der Waals surface area contributed by atoms with Gasteiger partial charge < -0.3 is 30.1 Å². The molecule has 0 bridgehead atoms. The van der Waals surface area contributed by atoms with Crippen molar-refractivity contribution in [2.24, 2.45) is 14.2 Å². The summed E-state index contributed by atoms with van der Waals surface area (Å²) in [5.74, 6) is 1.14. The van der Waals surface area contributed by atoms with E-state index in [4.69, 9.17) is 9.47 Å². The number of anilines is 1. The van der Waals surface area contributed by atoms with Gasteiger partial charge in [0, 0.05) is 18.6 Å². The summed E-state index contributed by atoms with van der Waals surface area (Å²) in [5.41, 5.74) is 0.961. The Morgan fingerprint density at radius 3 is 2.51 bits per heavy atom.